The Morgan fingerprint density at radius 3 is 2.42 bits per heavy atom. The first-order valence-corrected chi connectivity index (χ1v) is 14.6. The first kappa shape index (κ1) is 26.5. The van der Waals surface area contributed by atoms with Crippen LogP contribution in [-0.2, 0) is 20.9 Å². The van der Waals surface area contributed by atoms with Gasteiger partial charge < -0.3 is 10.4 Å². The van der Waals surface area contributed by atoms with Crippen molar-refractivity contribution in [2.24, 2.45) is 5.92 Å². The maximum absolute atomic E-state index is 13.8. The van der Waals surface area contributed by atoms with Crippen molar-refractivity contribution < 1.29 is 23.9 Å². The number of carbonyl (C=O) groups excluding carboxylic acids is 3. The van der Waals surface area contributed by atoms with E-state index in [9.17, 15) is 28.7 Å². The number of thioether (sulfide) groups is 1. The highest BCUT2D eigenvalue weighted by atomic mass is 79.9. The fourth-order valence-corrected chi connectivity index (χ4v) is 8.24. The van der Waals surface area contributed by atoms with Gasteiger partial charge in [0.05, 0.1) is 16.6 Å². The number of fused-ring (bicyclic) bond motifs is 2. The van der Waals surface area contributed by atoms with E-state index < -0.39 is 40.6 Å². The minimum absolute atomic E-state index is 0.0520. The summed E-state index contributed by atoms with van der Waals surface area (Å²) in [6, 6.07) is 18.5. The van der Waals surface area contributed by atoms with Gasteiger partial charge in [-0.2, -0.15) is 0 Å². The topological polar surface area (TPSA) is 109 Å². The van der Waals surface area contributed by atoms with Crippen LogP contribution in [0.25, 0.3) is 0 Å². The van der Waals surface area contributed by atoms with Crippen molar-refractivity contribution in [2.75, 3.05) is 10.2 Å². The highest BCUT2D eigenvalue weighted by Crippen LogP contribution is 2.54. The molecule has 40 heavy (non-hydrogen) atoms. The van der Waals surface area contributed by atoms with Gasteiger partial charge in [0.15, 0.2) is 0 Å². The summed E-state index contributed by atoms with van der Waals surface area (Å²) in [5.74, 6) is -3.20. The summed E-state index contributed by atoms with van der Waals surface area (Å²) in [5.41, 5.74) is 1.47. The fourth-order valence-electron chi connectivity index (χ4n) is 5.05. The number of phenols is 1. The number of phenolic OH excluding ortho intramolecular Hbond substituents is 1. The quantitative estimate of drug-likeness (QED) is 0.236. The summed E-state index contributed by atoms with van der Waals surface area (Å²) >= 11 is 5.53. The molecule has 6 rings (SSSR count). The molecule has 0 radical (unpaired) electrons. The molecule has 0 aliphatic carbocycles. The average Bonchev–Trinajstić information content (AvgIpc) is 3.36. The molecule has 3 atom stereocenters. The van der Waals surface area contributed by atoms with Gasteiger partial charge in [-0.15, -0.1) is 0 Å². The Kier molecular flexibility index (Phi) is 6.85. The van der Waals surface area contributed by atoms with E-state index in [0.717, 1.165) is 38.0 Å². The largest absolute Gasteiger partial charge is 0.508 e. The molecule has 2 N–H and O–H groups in total. The number of amides is 3. The lowest BCUT2D eigenvalue weighted by Gasteiger charge is -2.30. The second kappa shape index (κ2) is 10.3. The molecule has 202 valence electrons. The van der Waals surface area contributed by atoms with Gasteiger partial charge in [0, 0.05) is 21.0 Å². The number of thiazole rings is 1. The van der Waals surface area contributed by atoms with E-state index in [2.05, 4.69) is 21.2 Å². The van der Waals surface area contributed by atoms with Crippen molar-refractivity contribution in [1.29, 1.82) is 0 Å². The van der Waals surface area contributed by atoms with Crippen LogP contribution in [0, 0.1) is 11.7 Å². The molecule has 0 spiro atoms. The molecule has 3 amide bonds. The lowest BCUT2D eigenvalue weighted by atomic mass is 9.83. The van der Waals surface area contributed by atoms with Gasteiger partial charge >= 0.3 is 4.87 Å². The monoisotopic (exact) mass is 639 g/mol. The van der Waals surface area contributed by atoms with Crippen LogP contribution in [0.1, 0.15) is 16.4 Å². The summed E-state index contributed by atoms with van der Waals surface area (Å²) in [6.07, 6.45) is 0. The van der Waals surface area contributed by atoms with E-state index in [0.29, 0.717) is 15.6 Å². The number of nitrogens with zero attached hydrogens (tertiary/aromatic N) is 2. The van der Waals surface area contributed by atoms with E-state index in [4.69, 9.17) is 0 Å². The van der Waals surface area contributed by atoms with Crippen molar-refractivity contribution in [2.45, 2.75) is 22.7 Å². The minimum Gasteiger partial charge on any atom is -0.508 e. The summed E-state index contributed by atoms with van der Waals surface area (Å²) < 4.78 is 15.7. The van der Waals surface area contributed by atoms with Crippen LogP contribution in [0.3, 0.4) is 0 Å². The third kappa shape index (κ3) is 4.65. The number of aromatic hydroxyl groups is 1. The normalized spacial score (nSPS) is 19.9. The Bertz CT molecular complexity index is 1720. The minimum atomic E-state index is -0.852. The Morgan fingerprint density at radius 1 is 1.00 bits per heavy atom. The van der Waals surface area contributed by atoms with Crippen molar-refractivity contribution in [3.05, 3.63) is 103 Å². The number of aromatic nitrogens is 1. The molecule has 0 unspecified atom stereocenters. The number of carbonyl (C=O) groups is 3. The van der Waals surface area contributed by atoms with Gasteiger partial charge in [0.2, 0.25) is 17.7 Å². The summed E-state index contributed by atoms with van der Waals surface area (Å²) in [7, 11) is 0. The van der Waals surface area contributed by atoms with Crippen molar-refractivity contribution in [3.63, 3.8) is 0 Å². The number of halogens is 2. The fraction of sp³-hybridized carbons (Fsp3) is 0.143. The first-order chi connectivity index (χ1) is 19.2. The zero-order valence-corrected chi connectivity index (χ0v) is 23.6. The number of imide groups is 1. The SMILES string of the molecule is O=C(Cn1c2c(sc1=O)[C@@H](c1cccc(Br)c1)[C@@H]1C(=O)N(c3ccc(F)cc3)C(=O)[C@@H]1S2)Nc1ccc(O)cc1. The van der Waals surface area contributed by atoms with Gasteiger partial charge in [0.1, 0.15) is 23.4 Å². The van der Waals surface area contributed by atoms with Crippen LogP contribution in [0.4, 0.5) is 15.8 Å². The van der Waals surface area contributed by atoms with Gasteiger partial charge in [-0.1, -0.05) is 51.2 Å². The van der Waals surface area contributed by atoms with Crippen molar-refractivity contribution in [3.8, 4) is 5.75 Å². The highest BCUT2D eigenvalue weighted by Gasteiger charge is 2.56. The van der Waals surface area contributed by atoms with E-state index in [-0.39, 0.29) is 22.9 Å². The molecule has 2 aliphatic rings. The van der Waals surface area contributed by atoms with Crippen molar-refractivity contribution in [1.82, 2.24) is 4.57 Å². The highest BCUT2D eigenvalue weighted by molar-refractivity contribution is 9.10. The summed E-state index contributed by atoms with van der Waals surface area (Å²) in [6.45, 7) is -0.301. The zero-order valence-electron chi connectivity index (χ0n) is 20.4. The maximum atomic E-state index is 13.8. The first-order valence-electron chi connectivity index (χ1n) is 12.1. The van der Waals surface area contributed by atoms with Crippen molar-refractivity contribution >= 4 is 68.1 Å². The second-order valence-electron chi connectivity index (χ2n) is 9.30. The number of benzene rings is 3. The van der Waals surface area contributed by atoms with Crippen LogP contribution < -0.4 is 15.1 Å². The molecule has 1 saturated heterocycles. The Morgan fingerprint density at radius 2 is 1.73 bits per heavy atom. The molecule has 2 aliphatic heterocycles. The average molecular weight is 641 g/mol. The zero-order chi connectivity index (χ0) is 28.1. The standard InChI is InChI=1S/C28H19BrFN3O5S2/c29-15-3-1-2-14(12-15)21-22-23(26(37)33(25(22)36)18-8-4-16(30)5-9-18)39-27-24(21)40-28(38)32(27)13-20(35)31-17-6-10-19(34)11-7-17/h1-12,21-23,34H,13H2,(H,31,35)/t21-,22-,23+/m0/s1. The second-order valence-corrected chi connectivity index (χ2v) is 12.3. The molecule has 3 heterocycles. The lowest BCUT2D eigenvalue weighted by molar-refractivity contribution is -0.122. The molecule has 12 heteroatoms. The van der Waals surface area contributed by atoms with Gasteiger partial charge in [0.25, 0.3) is 0 Å². The number of nitrogens with one attached hydrogen (secondary N) is 1. The van der Waals surface area contributed by atoms with Gasteiger partial charge in [-0.05, 0) is 66.2 Å². The third-order valence-corrected chi connectivity index (χ3v) is 9.89. The summed E-state index contributed by atoms with van der Waals surface area (Å²) in [4.78, 5) is 55.0. The molecular weight excluding hydrogens is 621 g/mol. The molecule has 3 aromatic carbocycles. The molecule has 8 nitrogen and oxygen atoms in total. The predicted octanol–water partition coefficient (Wildman–Crippen LogP) is 4.95. The Hall–Kier alpha value is -3.74. The predicted molar refractivity (Wildman–Crippen MR) is 153 cm³/mol. The van der Waals surface area contributed by atoms with E-state index in [1.54, 1.807) is 0 Å². The molecule has 0 bridgehead atoms. The molecular formula is C28H19BrFN3O5S2. The van der Waals surface area contributed by atoms with Gasteiger partial charge in [-0.25, -0.2) is 9.29 Å². The van der Waals surface area contributed by atoms with E-state index >= 15 is 0 Å². The van der Waals surface area contributed by atoms with E-state index in [1.165, 1.54) is 53.1 Å². The van der Waals surface area contributed by atoms with Crippen LogP contribution in [0.2, 0.25) is 0 Å². The molecule has 1 aromatic heterocycles. The smallest absolute Gasteiger partial charge is 0.308 e. The number of hydrogen-bond acceptors (Lipinski definition) is 7. The van der Waals surface area contributed by atoms with Gasteiger partial charge in [-0.3, -0.25) is 23.7 Å². The van der Waals surface area contributed by atoms with Crippen LogP contribution >= 0.6 is 39.0 Å². The van der Waals surface area contributed by atoms with Crippen LogP contribution in [-0.4, -0.2) is 32.6 Å². The molecule has 4 aromatic rings. The Balaban J connectivity index is 1.41. The number of anilines is 2. The number of hydrogen-bond donors (Lipinski definition) is 2. The van der Waals surface area contributed by atoms with Crippen LogP contribution in [0.5, 0.6) is 5.75 Å². The van der Waals surface area contributed by atoms with Crippen LogP contribution in [0.15, 0.2) is 87.1 Å². The Labute approximate surface area is 243 Å². The van der Waals surface area contributed by atoms with E-state index in [1.807, 2.05) is 24.3 Å². The summed E-state index contributed by atoms with van der Waals surface area (Å²) in [5, 5.41) is 11.8. The number of rotatable bonds is 5. The third-order valence-electron chi connectivity index (χ3n) is 6.79. The molecule has 0 saturated carbocycles. The lowest BCUT2D eigenvalue weighted by Crippen LogP contribution is -2.33. The molecule has 1 fully saturated rings. The maximum Gasteiger partial charge on any atom is 0.308 e.